The van der Waals surface area contributed by atoms with Crippen LogP contribution in [0.5, 0.6) is 0 Å². The number of halogens is 1. The molecule has 0 aliphatic rings. The van der Waals surface area contributed by atoms with Gasteiger partial charge in [0.05, 0.1) is 18.3 Å². The molecule has 0 spiro atoms. The molecule has 0 aliphatic heterocycles. The zero-order valence-electron chi connectivity index (χ0n) is 8.21. The van der Waals surface area contributed by atoms with Gasteiger partial charge in [-0.25, -0.2) is 0 Å². The molecular weight excluding hydrogens is 188 g/mol. The molecule has 0 bridgehead atoms. The van der Waals surface area contributed by atoms with Crippen molar-refractivity contribution in [2.45, 2.75) is 39.8 Å². The molecule has 0 aliphatic carbocycles. The molecule has 1 atom stereocenters. The standard InChI is InChI=1S/C9H15ClN2O/c1-4-6(2)12-9(10)8(5-13)7(3)11-12/h6,13H,4-5H2,1-3H3. The Bertz CT molecular complexity index is 296. The van der Waals surface area contributed by atoms with E-state index in [0.717, 1.165) is 17.7 Å². The predicted octanol–water partition coefficient (Wildman–Crippen LogP) is 2.31. The molecule has 13 heavy (non-hydrogen) atoms. The lowest BCUT2D eigenvalue weighted by Crippen LogP contribution is -2.05. The SMILES string of the molecule is CCC(C)n1nc(C)c(CO)c1Cl. The van der Waals surface area contributed by atoms with Crippen LogP contribution in [-0.4, -0.2) is 14.9 Å². The number of aromatic nitrogens is 2. The summed E-state index contributed by atoms with van der Waals surface area (Å²) in [4.78, 5) is 0. The Balaban J connectivity index is 3.10. The number of aliphatic hydroxyl groups is 1. The summed E-state index contributed by atoms with van der Waals surface area (Å²) in [6.07, 6.45) is 0.978. The number of nitrogens with zero attached hydrogens (tertiary/aromatic N) is 2. The summed E-state index contributed by atoms with van der Waals surface area (Å²) in [5.41, 5.74) is 1.55. The quantitative estimate of drug-likeness (QED) is 0.817. The van der Waals surface area contributed by atoms with Crippen molar-refractivity contribution in [2.75, 3.05) is 0 Å². The van der Waals surface area contributed by atoms with Gasteiger partial charge in [0.25, 0.3) is 0 Å². The Labute approximate surface area is 83.3 Å². The van der Waals surface area contributed by atoms with Crippen LogP contribution >= 0.6 is 11.6 Å². The summed E-state index contributed by atoms with van der Waals surface area (Å²) >= 11 is 6.04. The van der Waals surface area contributed by atoms with Gasteiger partial charge in [-0.2, -0.15) is 5.10 Å². The highest BCUT2D eigenvalue weighted by Gasteiger charge is 2.15. The minimum atomic E-state index is -0.0406. The molecule has 4 heteroatoms. The van der Waals surface area contributed by atoms with E-state index in [-0.39, 0.29) is 12.6 Å². The smallest absolute Gasteiger partial charge is 0.133 e. The van der Waals surface area contributed by atoms with Crippen molar-refractivity contribution in [1.82, 2.24) is 9.78 Å². The first-order valence-corrected chi connectivity index (χ1v) is 4.83. The Morgan fingerprint density at radius 2 is 2.23 bits per heavy atom. The molecular formula is C9H15ClN2O. The highest BCUT2D eigenvalue weighted by molar-refractivity contribution is 6.30. The van der Waals surface area contributed by atoms with E-state index in [2.05, 4.69) is 18.9 Å². The van der Waals surface area contributed by atoms with Crippen LogP contribution < -0.4 is 0 Å². The summed E-state index contributed by atoms with van der Waals surface area (Å²) in [6.45, 7) is 5.95. The average molecular weight is 203 g/mol. The zero-order chi connectivity index (χ0) is 10.0. The molecule has 0 saturated heterocycles. The second-order valence-electron chi connectivity index (χ2n) is 3.21. The fourth-order valence-electron chi connectivity index (χ4n) is 1.20. The van der Waals surface area contributed by atoms with E-state index in [9.17, 15) is 0 Å². The van der Waals surface area contributed by atoms with Crippen molar-refractivity contribution < 1.29 is 5.11 Å². The molecule has 74 valence electrons. The maximum Gasteiger partial charge on any atom is 0.133 e. The minimum absolute atomic E-state index is 0.0406. The van der Waals surface area contributed by atoms with E-state index < -0.39 is 0 Å². The van der Waals surface area contributed by atoms with Gasteiger partial charge in [-0.15, -0.1) is 0 Å². The number of aryl methyl sites for hydroxylation is 1. The lowest BCUT2D eigenvalue weighted by Gasteiger charge is -2.10. The summed E-state index contributed by atoms with van der Waals surface area (Å²) in [5, 5.41) is 13.9. The highest BCUT2D eigenvalue weighted by Crippen LogP contribution is 2.24. The number of aliphatic hydroxyl groups excluding tert-OH is 1. The lowest BCUT2D eigenvalue weighted by atomic mass is 10.2. The summed E-state index contributed by atoms with van der Waals surface area (Å²) < 4.78 is 1.77. The molecule has 0 amide bonds. The molecule has 0 saturated carbocycles. The maximum absolute atomic E-state index is 9.03. The summed E-state index contributed by atoms with van der Waals surface area (Å²) in [5.74, 6) is 0. The molecule has 1 unspecified atom stereocenters. The van der Waals surface area contributed by atoms with E-state index in [1.54, 1.807) is 4.68 Å². The van der Waals surface area contributed by atoms with E-state index >= 15 is 0 Å². The van der Waals surface area contributed by atoms with Crippen LogP contribution in [0, 0.1) is 6.92 Å². The lowest BCUT2D eigenvalue weighted by molar-refractivity contribution is 0.281. The zero-order valence-corrected chi connectivity index (χ0v) is 8.97. The molecule has 1 rings (SSSR count). The van der Waals surface area contributed by atoms with Gasteiger partial charge < -0.3 is 5.11 Å². The van der Waals surface area contributed by atoms with Crippen LogP contribution in [0.25, 0.3) is 0 Å². The maximum atomic E-state index is 9.03. The van der Waals surface area contributed by atoms with Gasteiger partial charge in [-0.05, 0) is 20.3 Å². The van der Waals surface area contributed by atoms with Crippen LogP contribution in [0.1, 0.15) is 37.6 Å². The topological polar surface area (TPSA) is 38.0 Å². The first-order valence-electron chi connectivity index (χ1n) is 4.46. The fourth-order valence-corrected chi connectivity index (χ4v) is 1.60. The predicted molar refractivity (Wildman–Crippen MR) is 52.9 cm³/mol. The average Bonchev–Trinajstić information content (AvgIpc) is 2.40. The van der Waals surface area contributed by atoms with E-state index in [0.29, 0.717) is 5.15 Å². The third kappa shape index (κ3) is 1.86. The van der Waals surface area contributed by atoms with Crippen molar-refractivity contribution >= 4 is 11.6 Å². The molecule has 0 radical (unpaired) electrons. The molecule has 3 nitrogen and oxygen atoms in total. The molecule has 0 fully saturated rings. The van der Waals surface area contributed by atoms with E-state index in [4.69, 9.17) is 16.7 Å². The molecule has 0 aromatic carbocycles. The monoisotopic (exact) mass is 202 g/mol. The number of hydrogen-bond acceptors (Lipinski definition) is 2. The van der Waals surface area contributed by atoms with Crippen LogP contribution in [0.2, 0.25) is 5.15 Å². The first-order chi connectivity index (χ1) is 6.11. The Kier molecular flexibility index (Phi) is 3.33. The Morgan fingerprint density at radius 1 is 1.62 bits per heavy atom. The highest BCUT2D eigenvalue weighted by atomic mass is 35.5. The molecule has 1 heterocycles. The van der Waals surface area contributed by atoms with Gasteiger partial charge in [-0.1, -0.05) is 18.5 Å². The van der Waals surface area contributed by atoms with Gasteiger partial charge >= 0.3 is 0 Å². The number of rotatable bonds is 3. The normalized spacial score (nSPS) is 13.3. The van der Waals surface area contributed by atoms with Crippen molar-refractivity contribution in [1.29, 1.82) is 0 Å². The second-order valence-corrected chi connectivity index (χ2v) is 3.57. The van der Waals surface area contributed by atoms with Crippen LogP contribution in [0.15, 0.2) is 0 Å². The van der Waals surface area contributed by atoms with Crippen LogP contribution in [-0.2, 0) is 6.61 Å². The van der Waals surface area contributed by atoms with E-state index in [1.165, 1.54) is 0 Å². The third-order valence-electron chi connectivity index (χ3n) is 2.31. The van der Waals surface area contributed by atoms with Gasteiger partial charge in [0.15, 0.2) is 0 Å². The molecule has 1 N–H and O–H groups in total. The van der Waals surface area contributed by atoms with Crippen LogP contribution in [0.3, 0.4) is 0 Å². The van der Waals surface area contributed by atoms with Gasteiger partial charge in [0.1, 0.15) is 5.15 Å². The van der Waals surface area contributed by atoms with Crippen molar-refractivity contribution in [2.24, 2.45) is 0 Å². The fraction of sp³-hybridized carbons (Fsp3) is 0.667. The minimum Gasteiger partial charge on any atom is -0.391 e. The van der Waals surface area contributed by atoms with E-state index in [1.807, 2.05) is 6.92 Å². The third-order valence-corrected chi connectivity index (χ3v) is 2.71. The van der Waals surface area contributed by atoms with Gasteiger partial charge in [-0.3, -0.25) is 4.68 Å². The molecule has 1 aromatic rings. The summed E-state index contributed by atoms with van der Waals surface area (Å²) in [7, 11) is 0. The molecule has 1 aromatic heterocycles. The summed E-state index contributed by atoms with van der Waals surface area (Å²) in [6, 6.07) is 0.284. The van der Waals surface area contributed by atoms with Crippen molar-refractivity contribution in [3.8, 4) is 0 Å². The first kappa shape index (κ1) is 10.5. The van der Waals surface area contributed by atoms with Crippen molar-refractivity contribution in [3.63, 3.8) is 0 Å². The Hall–Kier alpha value is -0.540. The van der Waals surface area contributed by atoms with Gasteiger partial charge in [0, 0.05) is 5.56 Å². The van der Waals surface area contributed by atoms with Crippen molar-refractivity contribution in [3.05, 3.63) is 16.4 Å². The Morgan fingerprint density at radius 3 is 2.62 bits per heavy atom. The number of hydrogen-bond donors (Lipinski definition) is 1. The van der Waals surface area contributed by atoms with Gasteiger partial charge in [0.2, 0.25) is 0 Å². The van der Waals surface area contributed by atoms with Crippen LogP contribution in [0.4, 0.5) is 0 Å². The largest absolute Gasteiger partial charge is 0.391 e. The second kappa shape index (κ2) is 4.11.